The number of quaternary nitrogens is 1. The minimum absolute atomic E-state index is 0.000256. The van der Waals surface area contributed by atoms with Crippen LogP contribution in [-0.4, -0.2) is 65.9 Å². The SMILES string of the molecule is C/C(CC(=O)N1CC[NH+](C)CC1)=N/NC(=O)c1ccc(O)c(O)c1. The number of nitrogens with one attached hydrogen (secondary N) is 2. The second-order valence-corrected chi connectivity index (χ2v) is 6.01. The quantitative estimate of drug-likeness (QED) is 0.320. The fourth-order valence-corrected chi connectivity index (χ4v) is 2.38. The highest BCUT2D eigenvalue weighted by atomic mass is 16.3. The van der Waals surface area contributed by atoms with E-state index in [0.29, 0.717) is 5.71 Å². The van der Waals surface area contributed by atoms with Crippen molar-refractivity contribution in [2.24, 2.45) is 5.10 Å². The van der Waals surface area contributed by atoms with Crippen LogP contribution in [0, 0.1) is 0 Å². The van der Waals surface area contributed by atoms with Gasteiger partial charge < -0.3 is 20.0 Å². The van der Waals surface area contributed by atoms with E-state index < -0.39 is 5.91 Å². The Labute approximate surface area is 140 Å². The Morgan fingerprint density at radius 1 is 1.25 bits per heavy atom. The second kappa shape index (κ2) is 7.78. The van der Waals surface area contributed by atoms with E-state index in [4.69, 9.17) is 0 Å². The smallest absolute Gasteiger partial charge is 0.271 e. The summed E-state index contributed by atoms with van der Waals surface area (Å²) in [5, 5.41) is 22.5. The molecule has 0 radical (unpaired) electrons. The highest BCUT2D eigenvalue weighted by molar-refractivity contribution is 6.01. The molecule has 0 saturated carbocycles. The van der Waals surface area contributed by atoms with Gasteiger partial charge in [0.1, 0.15) is 0 Å². The number of likely N-dealkylation sites (N-methyl/N-ethyl adjacent to an activating group) is 1. The number of hydrogen-bond donors (Lipinski definition) is 4. The van der Waals surface area contributed by atoms with Crippen LogP contribution in [0.15, 0.2) is 23.3 Å². The van der Waals surface area contributed by atoms with Crippen molar-refractivity contribution in [2.75, 3.05) is 33.2 Å². The largest absolute Gasteiger partial charge is 0.504 e. The van der Waals surface area contributed by atoms with Crippen LogP contribution in [0.4, 0.5) is 0 Å². The van der Waals surface area contributed by atoms with Gasteiger partial charge in [0.15, 0.2) is 11.5 Å². The fraction of sp³-hybridized carbons (Fsp3) is 0.438. The van der Waals surface area contributed by atoms with Gasteiger partial charge in [-0.1, -0.05) is 0 Å². The minimum atomic E-state index is -0.528. The van der Waals surface area contributed by atoms with Gasteiger partial charge in [-0.25, -0.2) is 5.43 Å². The number of hydrogen-bond acceptors (Lipinski definition) is 5. The first-order chi connectivity index (χ1) is 11.4. The highest BCUT2D eigenvalue weighted by Gasteiger charge is 2.21. The number of hydrazone groups is 1. The molecule has 130 valence electrons. The molecule has 24 heavy (non-hydrogen) atoms. The van der Waals surface area contributed by atoms with Crippen molar-refractivity contribution < 1.29 is 24.7 Å². The zero-order valence-electron chi connectivity index (χ0n) is 13.9. The number of piperazine rings is 1. The van der Waals surface area contributed by atoms with E-state index in [9.17, 15) is 19.8 Å². The third kappa shape index (κ3) is 4.69. The Morgan fingerprint density at radius 2 is 1.92 bits per heavy atom. The Kier molecular flexibility index (Phi) is 5.75. The molecule has 0 spiro atoms. The molecule has 0 aromatic heterocycles. The summed E-state index contributed by atoms with van der Waals surface area (Å²) in [7, 11) is 2.10. The maximum absolute atomic E-state index is 12.2. The van der Waals surface area contributed by atoms with Gasteiger partial charge in [0.2, 0.25) is 5.91 Å². The summed E-state index contributed by atoms with van der Waals surface area (Å²) in [6.45, 7) is 5.01. The van der Waals surface area contributed by atoms with Gasteiger partial charge in [0.05, 0.1) is 39.6 Å². The molecule has 1 aromatic rings. The van der Waals surface area contributed by atoms with Crippen LogP contribution in [0.5, 0.6) is 11.5 Å². The topological polar surface area (TPSA) is 107 Å². The van der Waals surface area contributed by atoms with E-state index in [-0.39, 0.29) is 29.4 Å². The maximum atomic E-state index is 12.2. The van der Waals surface area contributed by atoms with Gasteiger partial charge in [0, 0.05) is 11.3 Å². The van der Waals surface area contributed by atoms with Crippen LogP contribution < -0.4 is 10.3 Å². The predicted molar refractivity (Wildman–Crippen MR) is 88.2 cm³/mol. The summed E-state index contributed by atoms with van der Waals surface area (Å²) in [6.07, 6.45) is 0.153. The van der Waals surface area contributed by atoms with Crippen molar-refractivity contribution in [1.82, 2.24) is 10.3 Å². The first-order valence-electron chi connectivity index (χ1n) is 7.81. The van der Waals surface area contributed by atoms with Crippen LogP contribution in [0.2, 0.25) is 0 Å². The van der Waals surface area contributed by atoms with Gasteiger partial charge in [-0.15, -0.1) is 0 Å². The third-order valence-corrected chi connectivity index (χ3v) is 3.96. The Morgan fingerprint density at radius 3 is 2.54 bits per heavy atom. The van der Waals surface area contributed by atoms with E-state index in [1.54, 1.807) is 6.92 Å². The average Bonchev–Trinajstić information content (AvgIpc) is 2.55. The lowest BCUT2D eigenvalue weighted by molar-refractivity contribution is -0.883. The molecule has 1 aliphatic heterocycles. The molecule has 0 bridgehead atoms. The fourth-order valence-electron chi connectivity index (χ4n) is 2.38. The molecular formula is C16H23N4O4+. The number of phenolic OH excluding ortho intramolecular Hbond substituents is 2. The second-order valence-electron chi connectivity index (χ2n) is 6.01. The molecule has 0 aliphatic carbocycles. The molecule has 1 aliphatic rings. The molecule has 8 heteroatoms. The monoisotopic (exact) mass is 335 g/mol. The lowest BCUT2D eigenvalue weighted by Crippen LogP contribution is -3.12. The van der Waals surface area contributed by atoms with Crippen molar-refractivity contribution in [3.05, 3.63) is 23.8 Å². The number of carbonyl (C=O) groups is 2. The number of phenols is 2. The van der Waals surface area contributed by atoms with Crippen molar-refractivity contribution in [2.45, 2.75) is 13.3 Å². The molecule has 2 amide bonds. The van der Waals surface area contributed by atoms with E-state index in [1.165, 1.54) is 17.0 Å². The summed E-state index contributed by atoms with van der Waals surface area (Å²) in [6, 6.07) is 3.74. The number of carbonyl (C=O) groups excluding carboxylic acids is 2. The van der Waals surface area contributed by atoms with Crippen molar-refractivity contribution in [3.63, 3.8) is 0 Å². The maximum Gasteiger partial charge on any atom is 0.271 e. The van der Waals surface area contributed by atoms with Crippen molar-refractivity contribution in [1.29, 1.82) is 0 Å². The number of aromatic hydroxyl groups is 2. The Balaban J connectivity index is 1.87. The van der Waals surface area contributed by atoms with Gasteiger partial charge in [-0.2, -0.15) is 5.10 Å². The zero-order valence-corrected chi connectivity index (χ0v) is 13.9. The summed E-state index contributed by atoms with van der Waals surface area (Å²) >= 11 is 0. The molecule has 1 fully saturated rings. The number of benzene rings is 1. The molecule has 8 nitrogen and oxygen atoms in total. The van der Waals surface area contributed by atoms with E-state index in [0.717, 1.165) is 32.2 Å². The summed E-state index contributed by atoms with van der Waals surface area (Å²) < 4.78 is 0. The van der Waals surface area contributed by atoms with Gasteiger partial charge in [-0.05, 0) is 25.1 Å². The molecular weight excluding hydrogens is 312 g/mol. The summed E-state index contributed by atoms with van der Waals surface area (Å²) in [5.41, 5.74) is 3.01. The predicted octanol–water partition coefficient (Wildman–Crippen LogP) is -1.05. The average molecular weight is 335 g/mol. The van der Waals surface area contributed by atoms with Crippen molar-refractivity contribution in [3.8, 4) is 11.5 Å². The third-order valence-electron chi connectivity index (χ3n) is 3.96. The normalized spacial score (nSPS) is 16.1. The summed E-state index contributed by atoms with van der Waals surface area (Å²) in [4.78, 5) is 27.3. The Hall–Kier alpha value is -2.61. The van der Waals surface area contributed by atoms with Crippen LogP contribution in [0.3, 0.4) is 0 Å². The number of nitrogens with zero attached hydrogens (tertiary/aromatic N) is 2. The highest BCUT2D eigenvalue weighted by Crippen LogP contribution is 2.24. The molecule has 0 atom stereocenters. The van der Waals surface area contributed by atoms with Crippen LogP contribution in [0.1, 0.15) is 23.7 Å². The number of amides is 2. The van der Waals surface area contributed by atoms with E-state index in [1.807, 2.05) is 4.90 Å². The van der Waals surface area contributed by atoms with E-state index >= 15 is 0 Å². The van der Waals surface area contributed by atoms with E-state index in [2.05, 4.69) is 17.6 Å². The first-order valence-corrected chi connectivity index (χ1v) is 7.81. The molecule has 2 rings (SSSR count). The van der Waals surface area contributed by atoms with Gasteiger partial charge in [0.25, 0.3) is 5.91 Å². The molecule has 4 N–H and O–H groups in total. The Bertz CT molecular complexity index is 651. The van der Waals surface area contributed by atoms with Crippen LogP contribution >= 0.6 is 0 Å². The molecule has 1 saturated heterocycles. The van der Waals surface area contributed by atoms with Crippen LogP contribution in [-0.2, 0) is 4.79 Å². The lowest BCUT2D eigenvalue weighted by atomic mass is 10.2. The van der Waals surface area contributed by atoms with Crippen molar-refractivity contribution >= 4 is 17.5 Å². The van der Waals surface area contributed by atoms with Gasteiger partial charge >= 0.3 is 0 Å². The zero-order chi connectivity index (χ0) is 17.7. The molecule has 0 unspecified atom stereocenters. The lowest BCUT2D eigenvalue weighted by Gasteiger charge is -2.30. The minimum Gasteiger partial charge on any atom is -0.504 e. The van der Waals surface area contributed by atoms with Gasteiger partial charge in [-0.3, -0.25) is 9.59 Å². The standard InChI is InChI=1S/C16H22N4O4/c1-11(9-15(23)20-7-5-19(2)6-8-20)17-18-16(24)12-3-4-13(21)14(22)10-12/h3-4,10,21-22H,5-9H2,1-2H3,(H,18,24)/p+1/b17-11-. The first kappa shape index (κ1) is 17.7. The summed E-state index contributed by atoms with van der Waals surface area (Å²) in [5.74, 6) is -1.21. The number of rotatable bonds is 4. The van der Waals surface area contributed by atoms with Crippen LogP contribution in [0.25, 0.3) is 0 Å². The molecule has 1 heterocycles. The molecule has 1 aromatic carbocycles.